The van der Waals surface area contributed by atoms with Gasteiger partial charge in [0.25, 0.3) is 0 Å². The average molecular weight is 276 g/mol. The summed E-state index contributed by atoms with van der Waals surface area (Å²) < 4.78 is 1.92. The van der Waals surface area contributed by atoms with Crippen LogP contribution in [0, 0.1) is 6.92 Å². The van der Waals surface area contributed by atoms with Gasteiger partial charge in [-0.25, -0.2) is 4.79 Å². The molecule has 1 aromatic rings. The molecule has 0 unspecified atom stereocenters. The van der Waals surface area contributed by atoms with E-state index in [-0.39, 0.29) is 6.03 Å². The first-order chi connectivity index (χ1) is 9.65. The molecule has 5 heteroatoms. The molecule has 0 aromatic carbocycles. The predicted molar refractivity (Wildman–Crippen MR) is 77.5 cm³/mol. The molecule has 1 N–H and O–H groups in total. The minimum absolute atomic E-state index is 0.0985. The number of fused-ring (bicyclic) bond motifs is 1. The first kappa shape index (κ1) is 13.5. The second-order valence-electron chi connectivity index (χ2n) is 6.09. The second-order valence-corrected chi connectivity index (χ2v) is 6.09. The lowest BCUT2D eigenvalue weighted by Crippen LogP contribution is -2.47. The Morgan fingerprint density at radius 2 is 2.05 bits per heavy atom. The van der Waals surface area contributed by atoms with Gasteiger partial charge in [0.2, 0.25) is 0 Å². The van der Waals surface area contributed by atoms with Crippen LogP contribution in [0.3, 0.4) is 0 Å². The number of hydrogen-bond acceptors (Lipinski definition) is 2. The molecule has 5 nitrogen and oxygen atoms in total. The SMILES string of the molecule is Cc1nn(C)c2c1CCN(C(=O)NC1CCCCC1)C2. The molecule has 3 rings (SSSR count). The minimum Gasteiger partial charge on any atom is -0.335 e. The maximum Gasteiger partial charge on any atom is 0.317 e. The zero-order valence-corrected chi connectivity index (χ0v) is 12.5. The van der Waals surface area contributed by atoms with Crippen molar-refractivity contribution >= 4 is 6.03 Å². The Kier molecular flexibility index (Phi) is 3.68. The van der Waals surface area contributed by atoms with Gasteiger partial charge in [-0.15, -0.1) is 0 Å². The molecule has 1 aromatic heterocycles. The highest BCUT2D eigenvalue weighted by Crippen LogP contribution is 2.22. The normalized spacial score (nSPS) is 19.8. The van der Waals surface area contributed by atoms with Crippen LogP contribution in [0.15, 0.2) is 0 Å². The van der Waals surface area contributed by atoms with Crippen molar-refractivity contribution < 1.29 is 4.79 Å². The number of hydrogen-bond donors (Lipinski definition) is 1. The lowest BCUT2D eigenvalue weighted by atomic mass is 9.95. The molecular weight excluding hydrogens is 252 g/mol. The van der Waals surface area contributed by atoms with Crippen molar-refractivity contribution in [3.8, 4) is 0 Å². The zero-order valence-electron chi connectivity index (χ0n) is 12.5. The number of aromatic nitrogens is 2. The van der Waals surface area contributed by atoms with E-state index >= 15 is 0 Å². The van der Waals surface area contributed by atoms with Crippen LogP contribution in [0.25, 0.3) is 0 Å². The van der Waals surface area contributed by atoms with Gasteiger partial charge in [-0.2, -0.15) is 5.10 Å². The van der Waals surface area contributed by atoms with Gasteiger partial charge in [-0.05, 0) is 31.7 Å². The Balaban J connectivity index is 1.64. The smallest absolute Gasteiger partial charge is 0.317 e. The topological polar surface area (TPSA) is 50.2 Å². The molecule has 2 aliphatic rings. The van der Waals surface area contributed by atoms with Gasteiger partial charge in [-0.3, -0.25) is 4.68 Å². The van der Waals surface area contributed by atoms with E-state index < -0.39 is 0 Å². The van der Waals surface area contributed by atoms with Crippen molar-refractivity contribution in [1.82, 2.24) is 20.0 Å². The van der Waals surface area contributed by atoms with Crippen LogP contribution >= 0.6 is 0 Å². The lowest BCUT2D eigenvalue weighted by molar-refractivity contribution is 0.183. The van der Waals surface area contributed by atoms with Crippen LogP contribution in [-0.2, 0) is 20.0 Å². The monoisotopic (exact) mass is 276 g/mol. The zero-order chi connectivity index (χ0) is 14.1. The summed E-state index contributed by atoms with van der Waals surface area (Å²) in [7, 11) is 1.97. The van der Waals surface area contributed by atoms with Gasteiger partial charge in [-0.1, -0.05) is 19.3 Å². The third-order valence-corrected chi connectivity index (χ3v) is 4.67. The highest BCUT2D eigenvalue weighted by molar-refractivity contribution is 5.74. The van der Waals surface area contributed by atoms with Gasteiger partial charge in [0.15, 0.2) is 0 Å². The van der Waals surface area contributed by atoms with Crippen LogP contribution in [-0.4, -0.2) is 33.3 Å². The number of amides is 2. The molecule has 0 saturated heterocycles. The van der Waals surface area contributed by atoms with Crippen LogP contribution in [0.5, 0.6) is 0 Å². The van der Waals surface area contributed by atoms with Crippen molar-refractivity contribution in [2.45, 2.75) is 58.0 Å². The maximum absolute atomic E-state index is 12.4. The summed E-state index contributed by atoms with van der Waals surface area (Å²) in [5, 5.41) is 7.66. The van der Waals surface area contributed by atoms with E-state index in [0.717, 1.165) is 31.5 Å². The molecule has 1 saturated carbocycles. The molecule has 1 aliphatic heterocycles. The van der Waals surface area contributed by atoms with Crippen molar-refractivity contribution in [3.63, 3.8) is 0 Å². The largest absolute Gasteiger partial charge is 0.335 e. The summed E-state index contributed by atoms with van der Waals surface area (Å²) in [6.07, 6.45) is 7.00. The summed E-state index contributed by atoms with van der Waals surface area (Å²) in [5.74, 6) is 0. The molecule has 0 spiro atoms. The van der Waals surface area contributed by atoms with E-state index in [1.807, 2.05) is 16.6 Å². The summed E-state index contributed by atoms with van der Waals surface area (Å²) in [6.45, 7) is 3.54. The molecular formula is C15H24N4O. The third-order valence-electron chi connectivity index (χ3n) is 4.67. The molecule has 1 fully saturated rings. The summed E-state index contributed by atoms with van der Waals surface area (Å²) in [5.41, 5.74) is 3.62. The number of carbonyl (C=O) groups excluding carboxylic acids is 1. The number of aryl methyl sites for hydroxylation is 2. The van der Waals surface area contributed by atoms with Crippen LogP contribution in [0.1, 0.15) is 49.1 Å². The molecule has 0 radical (unpaired) electrons. The van der Waals surface area contributed by atoms with E-state index in [4.69, 9.17) is 0 Å². The molecule has 20 heavy (non-hydrogen) atoms. The molecule has 2 amide bonds. The number of urea groups is 1. The maximum atomic E-state index is 12.4. The van der Waals surface area contributed by atoms with Crippen molar-refractivity contribution in [2.24, 2.45) is 7.05 Å². The van der Waals surface area contributed by atoms with E-state index in [1.54, 1.807) is 0 Å². The quantitative estimate of drug-likeness (QED) is 0.854. The first-order valence-electron chi connectivity index (χ1n) is 7.72. The Morgan fingerprint density at radius 1 is 1.30 bits per heavy atom. The van der Waals surface area contributed by atoms with Gasteiger partial charge < -0.3 is 10.2 Å². The van der Waals surface area contributed by atoms with E-state index in [2.05, 4.69) is 17.3 Å². The lowest BCUT2D eigenvalue weighted by Gasteiger charge is -2.31. The van der Waals surface area contributed by atoms with E-state index in [9.17, 15) is 4.79 Å². The molecule has 2 heterocycles. The Labute approximate surface area is 120 Å². The van der Waals surface area contributed by atoms with E-state index in [1.165, 1.54) is 30.5 Å². The van der Waals surface area contributed by atoms with Crippen LogP contribution in [0.2, 0.25) is 0 Å². The second kappa shape index (κ2) is 5.46. The fourth-order valence-electron chi connectivity index (χ4n) is 3.47. The van der Waals surface area contributed by atoms with Crippen molar-refractivity contribution in [1.29, 1.82) is 0 Å². The Hall–Kier alpha value is -1.52. The predicted octanol–water partition coefficient (Wildman–Crippen LogP) is 2.13. The van der Waals surface area contributed by atoms with Crippen molar-refractivity contribution in [2.75, 3.05) is 6.54 Å². The Bertz CT molecular complexity index is 502. The average Bonchev–Trinajstić information content (AvgIpc) is 2.75. The van der Waals surface area contributed by atoms with Gasteiger partial charge in [0, 0.05) is 19.6 Å². The minimum atomic E-state index is 0.0985. The molecule has 0 bridgehead atoms. The number of nitrogens with one attached hydrogen (secondary N) is 1. The fourth-order valence-corrected chi connectivity index (χ4v) is 3.47. The van der Waals surface area contributed by atoms with Gasteiger partial charge in [0.1, 0.15) is 0 Å². The molecule has 1 aliphatic carbocycles. The standard InChI is InChI=1S/C15H24N4O/c1-11-13-8-9-19(10-14(13)18(2)17-11)15(20)16-12-6-4-3-5-7-12/h12H,3-10H2,1-2H3,(H,16,20). The Morgan fingerprint density at radius 3 is 2.80 bits per heavy atom. The highest BCUT2D eigenvalue weighted by atomic mass is 16.2. The highest BCUT2D eigenvalue weighted by Gasteiger charge is 2.26. The van der Waals surface area contributed by atoms with Gasteiger partial charge >= 0.3 is 6.03 Å². The van der Waals surface area contributed by atoms with Crippen molar-refractivity contribution in [3.05, 3.63) is 17.0 Å². The van der Waals surface area contributed by atoms with Crippen LogP contribution < -0.4 is 5.32 Å². The number of carbonyl (C=O) groups is 1. The van der Waals surface area contributed by atoms with Crippen LogP contribution in [0.4, 0.5) is 4.79 Å². The number of nitrogens with zero attached hydrogens (tertiary/aromatic N) is 3. The third kappa shape index (κ3) is 2.53. The van der Waals surface area contributed by atoms with E-state index in [0.29, 0.717) is 12.6 Å². The summed E-state index contributed by atoms with van der Waals surface area (Å²) >= 11 is 0. The molecule has 0 atom stereocenters. The summed E-state index contributed by atoms with van der Waals surface area (Å²) in [4.78, 5) is 14.3. The fraction of sp³-hybridized carbons (Fsp3) is 0.733. The summed E-state index contributed by atoms with van der Waals surface area (Å²) in [6, 6.07) is 0.479. The molecule has 110 valence electrons. The first-order valence-corrected chi connectivity index (χ1v) is 7.72. The number of rotatable bonds is 1. The van der Waals surface area contributed by atoms with Gasteiger partial charge in [0.05, 0.1) is 17.9 Å².